The fourth-order valence-electron chi connectivity index (χ4n) is 3.25. The van der Waals surface area contributed by atoms with Crippen molar-refractivity contribution in [1.82, 2.24) is 15.2 Å². The third-order valence-corrected chi connectivity index (χ3v) is 6.78. The molecule has 0 saturated heterocycles. The second-order valence-corrected chi connectivity index (χ2v) is 9.75. The van der Waals surface area contributed by atoms with E-state index >= 15 is 0 Å². The van der Waals surface area contributed by atoms with Gasteiger partial charge in [-0.2, -0.15) is 5.10 Å². The summed E-state index contributed by atoms with van der Waals surface area (Å²) in [5, 5.41) is 13.0. The van der Waals surface area contributed by atoms with Gasteiger partial charge in [0, 0.05) is 5.69 Å². The summed E-state index contributed by atoms with van der Waals surface area (Å²) in [5.74, 6) is -0.451. The first-order valence-corrected chi connectivity index (χ1v) is 12.2. The molecule has 1 aromatic heterocycles. The lowest BCUT2D eigenvalue weighted by Gasteiger charge is -2.10. The summed E-state index contributed by atoms with van der Waals surface area (Å²) in [6.07, 6.45) is 0. The summed E-state index contributed by atoms with van der Waals surface area (Å²) >= 11 is 0. The highest BCUT2D eigenvalue weighted by atomic mass is 32.2. The number of urea groups is 1. The van der Waals surface area contributed by atoms with Crippen LogP contribution in [0.25, 0.3) is 11.1 Å². The standard InChI is InChI=1S/C25H23N5O3S/c1-17-8-12-21(13-9-17)26-25(31)28-24-27-23(18(2)29-30-24)16-34(32,33)22-14-10-20(11-15-22)19-6-4-3-5-7-19/h3-15H,16H2,1-2H3,(H2,26,27,28,30,31). The van der Waals surface area contributed by atoms with Gasteiger partial charge in [0.05, 0.1) is 22.0 Å². The van der Waals surface area contributed by atoms with Crippen LogP contribution >= 0.6 is 0 Å². The molecule has 1 heterocycles. The molecule has 0 spiro atoms. The van der Waals surface area contributed by atoms with Crippen LogP contribution in [-0.2, 0) is 15.6 Å². The monoisotopic (exact) mass is 473 g/mol. The quantitative estimate of drug-likeness (QED) is 0.417. The Hall–Kier alpha value is -4.11. The molecule has 172 valence electrons. The fourth-order valence-corrected chi connectivity index (χ4v) is 4.60. The average Bonchev–Trinajstić information content (AvgIpc) is 2.83. The molecule has 34 heavy (non-hydrogen) atoms. The molecule has 4 aromatic rings. The average molecular weight is 474 g/mol. The van der Waals surface area contributed by atoms with Gasteiger partial charge in [0.2, 0.25) is 0 Å². The molecule has 0 aliphatic rings. The number of amides is 2. The van der Waals surface area contributed by atoms with Crippen molar-refractivity contribution in [2.24, 2.45) is 0 Å². The summed E-state index contributed by atoms with van der Waals surface area (Å²) in [4.78, 5) is 16.7. The predicted octanol–water partition coefficient (Wildman–Crippen LogP) is 4.77. The number of sulfone groups is 1. The Morgan fingerprint density at radius 3 is 2.12 bits per heavy atom. The molecule has 0 radical (unpaired) electrons. The lowest BCUT2D eigenvalue weighted by molar-refractivity contribution is 0.262. The van der Waals surface area contributed by atoms with Crippen molar-refractivity contribution in [2.75, 3.05) is 10.6 Å². The van der Waals surface area contributed by atoms with Gasteiger partial charge in [-0.15, -0.1) is 5.10 Å². The molecule has 0 aliphatic heterocycles. The molecule has 0 atom stereocenters. The van der Waals surface area contributed by atoms with Crippen LogP contribution in [0.3, 0.4) is 0 Å². The number of benzene rings is 3. The van der Waals surface area contributed by atoms with Gasteiger partial charge in [0.25, 0.3) is 5.95 Å². The van der Waals surface area contributed by atoms with Crippen molar-refractivity contribution in [2.45, 2.75) is 24.5 Å². The van der Waals surface area contributed by atoms with E-state index in [-0.39, 0.29) is 22.3 Å². The molecule has 4 rings (SSSR count). The van der Waals surface area contributed by atoms with E-state index in [4.69, 9.17) is 0 Å². The number of hydrogen-bond donors (Lipinski definition) is 2. The molecule has 0 saturated carbocycles. The molecular weight excluding hydrogens is 450 g/mol. The van der Waals surface area contributed by atoms with Gasteiger partial charge in [0.1, 0.15) is 0 Å². The van der Waals surface area contributed by atoms with Crippen LogP contribution in [0.1, 0.15) is 17.0 Å². The van der Waals surface area contributed by atoms with E-state index in [1.807, 2.05) is 49.4 Å². The molecule has 2 N–H and O–H groups in total. The molecule has 0 fully saturated rings. The normalized spacial score (nSPS) is 11.1. The number of anilines is 2. The lowest BCUT2D eigenvalue weighted by atomic mass is 10.1. The molecule has 0 bridgehead atoms. The van der Waals surface area contributed by atoms with Crippen LogP contribution in [0, 0.1) is 13.8 Å². The number of rotatable bonds is 6. The van der Waals surface area contributed by atoms with Gasteiger partial charge in [-0.3, -0.25) is 5.32 Å². The number of carbonyl (C=O) groups excluding carboxylic acids is 1. The van der Waals surface area contributed by atoms with Crippen molar-refractivity contribution >= 4 is 27.5 Å². The van der Waals surface area contributed by atoms with E-state index < -0.39 is 15.9 Å². The Bertz CT molecular complexity index is 1410. The minimum absolute atomic E-state index is 0.0835. The highest BCUT2D eigenvalue weighted by Gasteiger charge is 2.20. The van der Waals surface area contributed by atoms with E-state index in [0.29, 0.717) is 11.4 Å². The number of nitrogens with one attached hydrogen (secondary N) is 2. The first-order valence-electron chi connectivity index (χ1n) is 10.5. The van der Waals surface area contributed by atoms with E-state index in [0.717, 1.165) is 16.7 Å². The number of nitrogens with zero attached hydrogens (tertiary/aromatic N) is 3. The first kappa shape index (κ1) is 23.1. The largest absolute Gasteiger partial charge is 0.326 e. The van der Waals surface area contributed by atoms with Gasteiger partial charge in [-0.05, 0) is 49.2 Å². The minimum Gasteiger partial charge on any atom is -0.308 e. The number of aromatic nitrogens is 3. The highest BCUT2D eigenvalue weighted by Crippen LogP contribution is 2.23. The zero-order chi connectivity index (χ0) is 24.1. The number of aryl methyl sites for hydroxylation is 2. The highest BCUT2D eigenvalue weighted by molar-refractivity contribution is 7.90. The Kier molecular flexibility index (Phi) is 6.65. The van der Waals surface area contributed by atoms with Crippen molar-refractivity contribution in [3.05, 3.63) is 95.8 Å². The Labute approximate surface area is 198 Å². The van der Waals surface area contributed by atoms with Crippen molar-refractivity contribution in [3.8, 4) is 11.1 Å². The number of carbonyl (C=O) groups is 1. The lowest BCUT2D eigenvalue weighted by Crippen LogP contribution is -2.22. The van der Waals surface area contributed by atoms with Crippen LogP contribution in [0.15, 0.2) is 83.8 Å². The van der Waals surface area contributed by atoms with E-state index in [1.54, 1.807) is 43.3 Å². The van der Waals surface area contributed by atoms with E-state index in [1.165, 1.54) is 0 Å². The molecule has 0 unspecified atom stereocenters. The fraction of sp³-hybridized carbons (Fsp3) is 0.120. The van der Waals surface area contributed by atoms with Gasteiger partial charge < -0.3 is 5.32 Å². The van der Waals surface area contributed by atoms with Gasteiger partial charge >= 0.3 is 6.03 Å². The van der Waals surface area contributed by atoms with Crippen LogP contribution < -0.4 is 10.6 Å². The van der Waals surface area contributed by atoms with Crippen LogP contribution in [0.2, 0.25) is 0 Å². The molecular formula is C25H23N5O3S. The topological polar surface area (TPSA) is 114 Å². The van der Waals surface area contributed by atoms with Crippen LogP contribution in [0.4, 0.5) is 16.4 Å². The third-order valence-electron chi connectivity index (χ3n) is 5.14. The van der Waals surface area contributed by atoms with Crippen LogP contribution in [-0.4, -0.2) is 29.6 Å². The van der Waals surface area contributed by atoms with Gasteiger partial charge in [-0.1, -0.05) is 60.2 Å². The summed E-state index contributed by atoms with van der Waals surface area (Å²) in [6.45, 7) is 3.57. The summed E-state index contributed by atoms with van der Waals surface area (Å²) in [7, 11) is -3.69. The Morgan fingerprint density at radius 2 is 1.44 bits per heavy atom. The van der Waals surface area contributed by atoms with Gasteiger partial charge in [-0.25, -0.2) is 18.2 Å². The first-order chi connectivity index (χ1) is 16.3. The summed E-state index contributed by atoms with van der Waals surface area (Å²) < 4.78 is 26.0. The van der Waals surface area contributed by atoms with E-state index in [9.17, 15) is 13.2 Å². The molecule has 3 aromatic carbocycles. The summed E-state index contributed by atoms with van der Waals surface area (Å²) in [6, 6.07) is 23.1. The minimum atomic E-state index is -3.69. The Balaban J connectivity index is 1.48. The van der Waals surface area contributed by atoms with Crippen LogP contribution in [0.5, 0.6) is 0 Å². The smallest absolute Gasteiger partial charge is 0.308 e. The second kappa shape index (κ2) is 9.80. The molecule has 8 nitrogen and oxygen atoms in total. The maximum Gasteiger partial charge on any atom is 0.326 e. The Morgan fingerprint density at radius 1 is 0.794 bits per heavy atom. The third kappa shape index (κ3) is 5.62. The van der Waals surface area contributed by atoms with Crippen molar-refractivity contribution < 1.29 is 13.2 Å². The maximum atomic E-state index is 13.0. The van der Waals surface area contributed by atoms with Crippen molar-refractivity contribution in [1.29, 1.82) is 0 Å². The number of hydrogen-bond acceptors (Lipinski definition) is 6. The molecule has 2 amide bonds. The SMILES string of the molecule is Cc1ccc(NC(=O)Nc2nnc(C)c(CS(=O)(=O)c3ccc(-c4ccccc4)cc3)n2)cc1. The second-order valence-electron chi connectivity index (χ2n) is 7.76. The maximum absolute atomic E-state index is 13.0. The molecule has 0 aliphatic carbocycles. The van der Waals surface area contributed by atoms with Gasteiger partial charge in [0.15, 0.2) is 9.84 Å². The zero-order valence-electron chi connectivity index (χ0n) is 18.7. The summed E-state index contributed by atoms with van der Waals surface area (Å²) in [5.41, 5.74) is 4.18. The predicted molar refractivity (Wildman–Crippen MR) is 131 cm³/mol. The van der Waals surface area contributed by atoms with Crippen molar-refractivity contribution in [3.63, 3.8) is 0 Å². The molecule has 9 heteroatoms. The zero-order valence-corrected chi connectivity index (χ0v) is 19.5. The van der Waals surface area contributed by atoms with E-state index in [2.05, 4.69) is 25.8 Å².